The number of nitrogens with two attached hydrogens (primary N) is 1. The maximum absolute atomic E-state index is 13.4. The highest BCUT2D eigenvalue weighted by atomic mass is 19.3. The van der Waals surface area contributed by atoms with Crippen molar-refractivity contribution < 1.29 is 18.7 Å². The largest absolute Gasteiger partial charge is 0.409 e. The fourth-order valence-corrected chi connectivity index (χ4v) is 3.65. The first-order valence-corrected chi connectivity index (χ1v) is 9.41. The normalized spacial score (nSPS) is 21.9. The SMILES string of the molecule is NC(=NO)c1ccccc1CC1=NC(OC2CCC(F)(F)CC2)c2cn[nH]c2N1. The van der Waals surface area contributed by atoms with Crippen LogP contribution in [0.2, 0.25) is 0 Å². The molecule has 4 rings (SSSR count). The number of H-pyrrole nitrogens is 1. The molecule has 0 bridgehead atoms. The smallest absolute Gasteiger partial charge is 0.248 e. The summed E-state index contributed by atoms with van der Waals surface area (Å²) in [4.78, 5) is 4.64. The van der Waals surface area contributed by atoms with Crippen molar-refractivity contribution in [1.29, 1.82) is 0 Å². The van der Waals surface area contributed by atoms with Gasteiger partial charge in [-0.1, -0.05) is 29.4 Å². The summed E-state index contributed by atoms with van der Waals surface area (Å²) in [6, 6.07) is 7.26. The second-order valence-corrected chi connectivity index (χ2v) is 7.26. The van der Waals surface area contributed by atoms with E-state index < -0.39 is 12.2 Å². The number of aliphatic imine (C=N–C) groups is 1. The Morgan fingerprint density at radius 2 is 2.07 bits per heavy atom. The lowest BCUT2D eigenvalue weighted by Crippen LogP contribution is -2.31. The number of aromatic nitrogens is 2. The van der Waals surface area contributed by atoms with E-state index >= 15 is 0 Å². The average molecular weight is 404 g/mol. The van der Waals surface area contributed by atoms with Gasteiger partial charge in [0, 0.05) is 24.8 Å². The minimum Gasteiger partial charge on any atom is -0.409 e. The first kappa shape index (κ1) is 19.3. The van der Waals surface area contributed by atoms with Gasteiger partial charge in [-0.05, 0) is 18.4 Å². The van der Waals surface area contributed by atoms with Crippen molar-refractivity contribution in [2.24, 2.45) is 15.9 Å². The number of fused-ring (bicyclic) bond motifs is 1. The third-order valence-corrected chi connectivity index (χ3v) is 5.22. The molecule has 154 valence electrons. The maximum Gasteiger partial charge on any atom is 0.248 e. The summed E-state index contributed by atoms with van der Waals surface area (Å²) >= 11 is 0. The second kappa shape index (κ2) is 7.78. The summed E-state index contributed by atoms with van der Waals surface area (Å²) in [5.41, 5.74) is 7.91. The summed E-state index contributed by atoms with van der Waals surface area (Å²) < 4.78 is 32.9. The molecule has 2 aliphatic rings. The number of ether oxygens (including phenoxy) is 1. The first-order valence-electron chi connectivity index (χ1n) is 9.41. The van der Waals surface area contributed by atoms with Crippen molar-refractivity contribution in [2.45, 2.75) is 50.4 Å². The average Bonchev–Trinajstić information content (AvgIpc) is 3.18. The molecule has 1 aromatic carbocycles. The minimum atomic E-state index is -2.61. The molecule has 1 aromatic heterocycles. The quantitative estimate of drug-likeness (QED) is 0.264. The van der Waals surface area contributed by atoms with Crippen molar-refractivity contribution in [2.75, 3.05) is 5.32 Å². The van der Waals surface area contributed by atoms with Crippen LogP contribution >= 0.6 is 0 Å². The van der Waals surface area contributed by atoms with Gasteiger partial charge in [0.25, 0.3) is 0 Å². The van der Waals surface area contributed by atoms with E-state index in [0.717, 1.165) is 11.1 Å². The third kappa shape index (κ3) is 4.21. The highest BCUT2D eigenvalue weighted by Gasteiger charge is 2.37. The Morgan fingerprint density at radius 1 is 1.31 bits per heavy atom. The molecule has 0 amide bonds. The van der Waals surface area contributed by atoms with Gasteiger partial charge >= 0.3 is 0 Å². The van der Waals surface area contributed by atoms with Crippen LogP contribution in [0.25, 0.3) is 0 Å². The van der Waals surface area contributed by atoms with Crippen LogP contribution in [0.15, 0.2) is 40.6 Å². The molecule has 0 radical (unpaired) electrons. The third-order valence-electron chi connectivity index (χ3n) is 5.22. The zero-order chi connectivity index (χ0) is 20.4. The van der Waals surface area contributed by atoms with Crippen molar-refractivity contribution in [1.82, 2.24) is 10.2 Å². The topological polar surface area (TPSA) is 121 Å². The Kier molecular flexibility index (Phi) is 5.18. The van der Waals surface area contributed by atoms with E-state index in [1.54, 1.807) is 18.3 Å². The lowest BCUT2D eigenvalue weighted by atomic mass is 9.94. The van der Waals surface area contributed by atoms with Gasteiger partial charge in [-0.2, -0.15) is 5.10 Å². The Labute approximate surface area is 165 Å². The van der Waals surface area contributed by atoms with Gasteiger partial charge in [0.2, 0.25) is 5.92 Å². The van der Waals surface area contributed by atoms with E-state index in [1.807, 2.05) is 12.1 Å². The van der Waals surface area contributed by atoms with Gasteiger partial charge in [0.05, 0.1) is 17.9 Å². The molecule has 1 unspecified atom stereocenters. The van der Waals surface area contributed by atoms with Crippen LogP contribution in [-0.4, -0.2) is 39.1 Å². The van der Waals surface area contributed by atoms with E-state index in [1.165, 1.54) is 0 Å². The number of amidine groups is 2. The standard InChI is InChI=1S/C19H22F2N6O2/c20-19(21)7-5-12(6-8-19)29-18-14-10-23-26-17(14)24-15(25-18)9-11-3-1-2-4-13(11)16(22)27-28/h1-4,10,12,18,28H,5-9H2,(H2,22,27)(H2,23,24,25,26). The van der Waals surface area contributed by atoms with E-state index in [9.17, 15) is 8.78 Å². The van der Waals surface area contributed by atoms with Crippen LogP contribution in [0.5, 0.6) is 0 Å². The molecule has 1 atom stereocenters. The molecule has 8 nitrogen and oxygen atoms in total. The number of hydrogen-bond acceptors (Lipinski definition) is 6. The van der Waals surface area contributed by atoms with E-state index in [-0.39, 0.29) is 24.8 Å². The Balaban J connectivity index is 1.54. The molecule has 2 heterocycles. The molecule has 1 saturated carbocycles. The highest BCUT2D eigenvalue weighted by Crippen LogP contribution is 2.38. The number of oxime groups is 1. The molecule has 1 aliphatic heterocycles. The maximum atomic E-state index is 13.4. The van der Waals surface area contributed by atoms with Crippen LogP contribution in [0.3, 0.4) is 0 Å². The summed E-state index contributed by atoms with van der Waals surface area (Å²) in [5, 5.41) is 22.2. The molecular formula is C19H22F2N6O2. The fourth-order valence-electron chi connectivity index (χ4n) is 3.65. The number of nitrogens with zero attached hydrogens (tertiary/aromatic N) is 3. The molecule has 0 saturated heterocycles. The van der Waals surface area contributed by atoms with Crippen LogP contribution in [-0.2, 0) is 11.2 Å². The van der Waals surface area contributed by atoms with Gasteiger partial charge in [-0.15, -0.1) is 0 Å². The molecule has 1 aliphatic carbocycles. The van der Waals surface area contributed by atoms with Gasteiger partial charge < -0.3 is 21.0 Å². The van der Waals surface area contributed by atoms with Crippen LogP contribution in [0, 0.1) is 0 Å². The molecule has 29 heavy (non-hydrogen) atoms. The zero-order valence-electron chi connectivity index (χ0n) is 15.6. The minimum absolute atomic E-state index is 0.00942. The molecule has 5 N–H and O–H groups in total. The summed E-state index contributed by atoms with van der Waals surface area (Å²) in [7, 11) is 0. The van der Waals surface area contributed by atoms with Crippen molar-refractivity contribution >= 4 is 17.5 Å². The predicted molar refractivity (Wildman–Crippen MR) is 103 cm³/mol. The van der Waals surface area contributed by atoms with E-state index in [2.05, 4.69) is 25.7 Å². The predicted octanol–water partition coefficient (Wildman–Crippen LogP) is 3.16. The van der Waals surface area contributed by atoms with Gasteiger partial charge in [-0.3, -0.25) is 5.10 Å². The van der Waals surface area contributed by atoms with Gasteiger partial charge in [0.1, 0.15) is 11.7 Å². The van der Waals surface area contributed by atoms with Crippen LogP contribution in [0.1, 0.15) is 48.6 Å². The molecule has 2 aromatic rings. The van der Waals surface area contributed by atoms with Gasteiger partial charge in [0.15, 0.2) is 12.1 Å². The van der Waals surface area contributed by atoms with E-state index in [4.69, 9.17) is 15.7 Å². The highest BCUT2D eigenvalue weighted by molar-refractivity contribution is 6.02. The van der Waals surface area contributed by atoms with Gasteiger partial charge in [-0.25, -0.2) is 13.8 Å². The Hall–Kier alpha value is -3.01. The van der Waals surface area contributed by atoms with Crippen LogP contribution in [0.4, 0.5) is 14.6 Å². The van der Waals surface area contributed by atoms with E-state index in [0.29, 0.717) is 36.5 Å². The Morgan fingerprint density at radius 3 is 2.83 bits per heavy atom. The lowest BCUT2D eigenvalue weighted by Gasteiger charge is -2.31. The summed E-state index contributed by atoms with van der Waals surface area (Å²) in [6.07, 6.45) is 1.32. The number of nitrogens with one attached hydrogen (secondary N) is 2. The number of aromatic amines is 1. The zero-order valence-corrected chi connectivity index (χ0v) is 15.6. The molecule has 0 spiro atoms. The number of anilines is 1. The first-order chi connectivity index (χ1) is 13.9. The Bertz CT molecular complexity index is 932. The number of halogens is 2. The van der Waals surface area contributed by atoms with Crippen LogP contribution < -0.4 is 11.1 Å². The number of hydrogen-bond donors (Lipinski definition) is 4. The second-order valence-electron chi connectivity index (χ2n) is 7.26. The summed E-state index contributed by atoms with van der Waals surface area (Å²) in [5.74, 6) is -1.34. The van der Waals surface area contributed by atoms with Crippen molar-refractivity contribution in [3.63, 3.8) is 0 Å². The summed E-state index contributed by atoms with van der Waals surface area (Å²) in [6.45, 7) is 0. The number of benzene rings is 1. The fraction of sp³-hybridized carbons (Fsp3) is 0.421. The molecule has 1 fully saturated rings. The monoisotopic (exact) mass is 404 g/mol. The van der Waals surface area contributed by atoms with Crippen molar-refractivity contribution in [3.05, 3.63) is 47.2 Å². The molecule has 10 heteroatoms. The lowest BCUT2D eigenvalue weighted by molar-refractivity contribution is -0.0982. The molecular weight excluding hydrogens is 382 g/mol. The number of rotatable bonds is 5. The van der Waals surface area contributed by atoms with Crippen molar-refractivity contribution in [3.8, 4) is 0 Å². The number of alkyl halides is 2.